The second-order valence-corrected chi connectivity index (χ2v) is 4.71. The molecule has 0 aliphatic heterocycles. The summed E-state index contributed by atoms with van der Waals surface area (Å²) in [5.74, 6) is 0.448. The molecule has 2 rings (SSSR count). The van der Waals surface area contributed by atoms with Crippen molar-refractivity contribution in [1.82, 2.24) is 9.97 Å². The van der Waals surface area contributed by atoms with Crippen LogP contribution in [0.15, 0.2) is 30.3 Å². The number of H-pyrrole nitrogens is 1. The Bertz CT molecular complexity index is 572. The zero-order valence-corrected chi connectivity index (χ0v) is 11.3. The highest BCUT2D eigenvalue weighted by Crippen LogP contribution is 2.19. The van der Waals surface area contributed by atoms with E-state index in [1.165, 1.54) is 18.4 Å². The van der Waals surface area contributed by atoms with Gasteiger partial charge in [0.2, 0.25) is 0 Å². The van der Waals surface area contributed by atoms with Crippen molar-refractivity contribution >= 4 is 18.0 Å². The summed E-state index contributed by atoms with van der Waals surface area (Å²) in [5.41, 5.74) is 9.05. The van der Waals surface area contributed by atoms with Gasteiger partial charge in [-0.2, -0.15) is 0 Å². The monoisotopic (exact) mass is 259 g/mol. The predicted molar refractivity (Wildman–Crippen MR) is 77.9 cm³/mol. The number of aromatic nitrogens is 2. The Hall–Kier alpha value is -1.68. The van der Waals surface area contributed by atoms with Crippen LogP contribution in [0, 0.1) is 4.77 Å². The van der Waals surface area contributed by atoms with Crippen LogP contribution in [0.5, 0.6) is 0 Å². The quantitative estimate of drug-likeness (QED) is 0.823. The summed E-state index contributed by atoms with van der Waals surface area (Å²) in [6, 6.07) is 10.3. The molecule has 0 saturated heterocycles. The van der Waals surface area contributed by atoms with Crippen LogP contribution in [0.2, 0.25) is 0 Å². The highest BCUT2D eigenvalue weighted by molar-refractivity contribution is 7.71. The number of nitrogens with zero attached hydrogens (tertiary/aromatic N) is 1. The number of hydrogen-bond donors (Lipinski definition) is 2. The molecule has 1 heterocycles. The van der Waals surface area contributed by atoms with Crippen molar-refractivity contribution in [2.24, 2.45) is 0 Å². The lowest BCUT2D eigenvalue weighted by molar-refractivity contribution is 0.795. The van der Waals surface area contributed by atoms with Crippen molar-refractivity contribution in [1.29, 1.82) is 0 Å². The molecule has 1 aromatic heterocycles. The topological polar surface area (TPSA) is 54.7 Å². The summed E-state index contributed by atoms with van der Waals surface area (Å²) < 4.78 is 0.417. The molecule has 0 fully saturated rings. The van der Waals surface area contributed by atoms with Gasteiger partial charge in [0.05, 0.1) is 5.69 Å². The number of unbranched alkanes of at least 4 members (excludes halogenated alkanes) is 1. The molecule has 0 aliphatic carbocycles. The zero-order valence-electron chi connectivity index (χ0n) is 10.4. The fraction of sp³-hybridized carbons (Fsp3) is 0.286. The predicted octanol–water partition coefficient (Wildman–Crippen LogP) is 3.73. The van der Waals surface area contributed by atoms with E-state index in [1.807, 2.05) is 0 Å². The van der Waals surface area contributed by atoms with E-state index in [0.29, 0.717) is 10.6 Å². The van der Waals surface area contributed by atoms with Gasteiger partial charge in [-0.1, -0.05) is 37.6 Å². The number of anilines is 1. The Morgan fingerprint density at radius 1 is 1.28 bits per heavy atom. The Morgan fingerprint density at radius 3 is 2.61 bits per heavy atom. The summed E-state index contributed by atoms with van der Waals surface area (Å²) >= 11 is 5.02. The Labute approximate surface area is 112 Å². The van der Waals surface area contributed by atoms with E-state index in [4.69, 9.17) is 18.0 Å². The number of aryl methyl sites for hydroxylation is 1. The molecule has 0 bridgehead atoms. The van der Waals surface area contributed by atoms with E-state index in [2.05, 4.69) is 41.2 Å². The number of nitrogen functional groups attached to an aromatic ring is 1. The molecule has 3 nitrogen and oxygen atoms in total. The zero-order chi connectivity index (χ0) is 13.0. The van der Waals surface area contributed by atoms with Crippen molar-refractivity contribution in [3.05, 3.63) is 40.7 Å². The number of aromatic amines is 1. The average Bonchev–Trinajstić information content (AvgIpc) is 2.36. The van der Waals surface area contributed by atoms with E-state index in [0.717, 1.165) is 17.7 Å². The third kappa shape index (κ3) is 3.17. The first-order valence-electron chi connectivity index (χ1n) is 6.15. The molecule has 18 heavy (non-hydrogen) atoms. The van der Waals surface area contributed by atoms with Gasteiger partial charge in [-0.3, -0.25) is 0 Å². The van der Waals surface area contributed by atoms with E-state index < -0.39 is 0 Å². The van der Waals surface area contributed by atoms with Crippen LogP contribution in [-0.4, -0.2) is 9.97 Å². The molecule has 4 heteroatoms. The highest BCUT2D eigenvalue weighted by Gasteiger charge is 2.00. The van der Waals surface area contributed by atoms with Gasteiger partial charge in [0.15, 0.2) is 4.77 Å². The number of rotatable bonds is 4. The van der Waals surface area contributed by atoms with Crippen molar-refractivity contribution in [3.63, 3.8) is 0 Å². The third-order valence-electron chi connectivity index (χ3n) is 2.85. The number of nitrogens with one attached hydrogen (secondary N) is 1. The van der Waals surface area contributed by atoms with Crippen LogP contribution in [0.25, 0.3) is 11.3 Å². The lowest BCUT2D eigenvalue weighted by atomic mass is 10.0. The van der Waals surface area contributed by atoms with Gasteiger partial charge in [-0.15, -0.1) is 0 Å². The summed E-state index contributed by atoms with van der Waals surface area (Å²) in [4.78, 5) is 7.01. The van der Waals surface area contributed by atoms with Crippen LogP contribution >= 0.6 is 12.2 Å². The van der Waals surface area contributed by atoms with Gasteiger partial charge >= 0.3 is 0 Å². The molecular weight excluding hydrogens is 242 g/mol. The van der Waals surface area contributed by atoms with Gasteiger partial charge in [-0.05, 0) is 36.2 Å². The summed E-state index contributed by atoms with van der Waals surface area (Å²) in [6.45, 7) is 2.20. The third-order valence-corrected chi connectivity index (χ3v) is 3.04. The minimum absolute atomic E-state index is 0.417. The normalized spacial score (nSPS) is 10.5. The van der Waals surface area contributed by atoms with Gasteiger partial charge < -0.3 is 10.7 Å². The van der Waals surface area contributed by atoms with Gasteiger partial charge in [0.25, 0.3) is 0 Å². The Morgan fingerprint density at radius 2 is 2.00 bits per heavy atom. The van der Waals surface area contributed by atoms with E-state index in [9.17, 15) is 0 Å². The first-order valence-corrected chi connectivity index (χ1v) is 6.56. The van der Waals surface area contributed by atoms with Crippen molar-refractivity contribution in [2.75, 3.05) is 5.73 Å². The molecule has 1 aromatic carbocycles. The molecule has 0 atom stereocenters. The van der Waals surface area contributed by atoms with E-state index in [-0.39, 0.29) is 0 Å². The molecule has 94 valence electrons. The molecule has 3 N–H and O–H groups in total. The largest absolute Gasteiger partial charge is 0.384 e. The lowest BCUT2D eigenvalue weighted by Crippen LogP contribution is -1.94. The maximum absolute atomic E-state index is 5.69. The Kier molecular flexibility index (Phi) is 4.10. The summed E-state index contributed by atoms with van der Waals surface area (Å²) in [7, 11) is 0. The van der Waals surface area contributed by atoms with Crippen LogP contribution < -0.4 is 5.73 Å². The first kappa shape index (κ1) is 12.8. The maximum atomic E-state index is 5.69. The van der Waals surface area contributed by atoms with Gasteiger partial charge in [-0.25, -0.2) is 4.98 Å². The van der Waals surface area contributed by atoms with Crippen LogP contribution in [0.4, 0.5) is 5.82 Å². The maximum Gasteiger partial charge on any atom is 0.199 e. The van der Waals surface area contributed by atoms with E-state index >= 15 is 0 Å². The standard InChI is InChI=1S/C14H17N3S/c1-2-3-4-10-5-7-11(8-6-10)12-9-13(15)17-14(18)16-12/h5-9H,2-4H2,1H3,(H3,15,16,17,18). The summed E-state index contributed by atoms with van der Waals surface area (Å²) in [6.07, 6.45) is 3.57. The number of nitrogens with two attached hydrogens (primary N) is 1. The van der Waals surface area contributed by atoms with Crippen molar-refractivity contribution < 1.29 is 0 Å². The fourth-order valence-electron chi connectivity index (χ4n) is 1.86. The summed E-state index contributed by atoms with van der Waals surface area (Å²) in [5, 5.41) is 0. The van der Waals surface area contributed by atoms with Gasteiger partial charge in [0.1, 0.15) is 5.82 Å². The van der Waals surface area contributed by atoms with Crippen LogP contribution in [-0.2, 0) is 6.42 Å². The molecule has 0 amide bonds. The molecule has 2 aromatic rings. The molecule has 0 aliphatic rings. The van der Waals surface area contributed by atoms with Crippen molar-refractivity contribution in [3.8, 4) is 11.3 Å². The highest BCUT2D eigenvalue weighted by atomic mass is 32.1. The molecule has 0 unspecified atom stereocenters. The minimum Gasteiger partial charge on any atom is -0.384 e. The second-order valence-electron chi connectivity index (χ2n) is 4.33. The average molecular weight is 259 g/mol. The molecule has 0 spiro atoms. The molecular formula is C14H17N3S. The van der Waals surface area contributed by atoms with E-state index in [1.54, 1.807) is 6.07 Å². The number of hydrogen-bond acceptors (Lipinski definition) is 3. The molecule has 0 radical (unpaired) electrons. The van der Waals surface area contributed by atoms with Gasteiger partial charge in [0, 0.05) is 6.07 Å². The van der Waals surface area contributed by atoms with Crippen molar-refractivity contribution in [2.45, 2.75) is 26.2 Å². The smallest absolute Gasteiger partial charge is 0.199 e. The SMILES string of the molecule is CCCCc1ccc(-c2cc(N)nc(=S)[nH]2)cc1. The Balaban J connectivity index is 2.25. The van der Waals surface area contributed by atoms with Crippen LogP contribution in [0.3, 0.4) is 0 Å². The lowest BCUT2D eigenvalue weighted by Gasteiger charge is -2.05. The first-order chi connectivity index (χ1) is 8.69. The molecule has 0 saturated carbocycles. The minimum atomic E-state index is 0.417. The van der Waals surface area contributed by atoms with Crippen LogP contribution in [0.1, 0.15) is 25.3 Å². The fourth-order valence-corrected chi connectivity index (χ4v) is 2.08. The second kappa shape index (κ2) is 5.78. The number of benzene rings is 1.